The number of allylic oxidation sites excluding steroid dienone is 1. The first-order valence-electron chi connectivity index (χ1n) is 34.2. The molecule has 5 fully saturated rings. The molecule has 0 aliphatic carbocycles. The number of rotatable bonds is 14. The van der Waals surface area contributed by atoms with Crippen molar-refractivity contribution in [3.8, 4) is 0 Å². The molecular weight excluding hydrogens is 1370 g/mol. The molecule has 20 nitrogen and oxygen atoms in total. The van der Waals surface area contributed by atoms with Crippen LogP contribution in [0.15, 0.2) is 261 Å². The van der Waals surface area contributed by atoms with Gasteiger partial charge in [0.2, 0.25) is 0 Å². The number of pyridine rings is 4. The number of halogens is 1. The van der Waals surface area contributed by atoms with Gasteiger partial charge in [0, 0.05) is 114 Å². The molecule has 102 heavy (non-hydrogen) atoms. The zero-order valence-electron chi connectivity index (χ0n) is 58.8. The van der Waals surface area contributed by atoms with Crippen LogP contribution >= 0.6 is 23.2 Å². The summed E-state index contributed by atoms with van der Waals surface area (Å²) in [5.74, 6) is 2.41. The first-order chi connectivity index (χ1) is 49.4. The zero-order chi connectivity index (χ0) is 72.0. The van der Waals surface area contributed by atoms with Gasteiger partial charge in [0.05, 0.1) is 54.9 Å². The Kier molecular flexibility index (Phi) is 24.1. The minimum Gasteiger partial charge on any atom is -0.400 e. The van der Waals surface area contributed by atoms with Crippen LogP contribution in [0.1, 0.15) is 51.3 Å². The average molecular weight is 1460 g/mol. The van der Waals surface area contributed by atoms with E-state index in [1.54, 1.807) is 52.9 Å². The highest BCUT2D eigenvalue weighted by Gasteiger charge is 2.57. The maximum atomic E-state index is 12.3. The zero-order valence-corrected chi connectivity index (χ0v) is 61.3. The van der Waals surface area contributed by atoms with Crippen LogP contribution in [0.2, 0.25) is 0 Å². The van der Waals surface area contributed by atoms with Gasteiger partial charge in [0.15, 0.2) is 0 Å². The number of amides is 8. The second kappa shape index (κ2) is 33.4. The molecule has 0 N–H and O–H groups in total. The van der Waals surface area contributed by atoms with E-state index in [1.165, 1.54) is 37.2 Å². The van der Waals surface area contributed by atoms with Crippen molar-refractivity contribution in [2.24, 2.45) is 0 Å². The fourth-order valence-electron chi connectivity index (χ4n) is 13.5. The Hall–Kier alpha value is -9.67. The van der Waals surface area contributed by atoms with Gasteiger partial charge in [-0.15, -0.1) is 13.2 Å². The van der Waals surface area contributed by atoms with E-state index in [-0.39, 0.29) is 48.3 Å². The number of likely N-dealkylation sites (N-methyl/N-ethyl adjacent to an activating group) is 2. The van der Waals surface area contributed by atoms with Crippen LogP contribution in [0.4, 0.5) is 19.2 Å². The van der Waals surface area contributed by atoms with Crippen molar-refractivity contribution in [1.29, 1.82) is 0 Å². The number of urea groups is 4. The molecule has 9 aliphatic heterocycles. The number of hydrogen-bond donors (Lipinski definition) is 0. The topological polar surface area (TPSA) is 183 Å². The third-order valence-electron chi connectivity index (χ3n) is 19.4. The molecule has 4 atom stereocenters. The maximum absolute atomic E-state index is 12.3. The highest BCUT2D eigenvalue weighted by Crippen LogP contribution is 2.57. The normalized spacial score (nSPS) is 20.8. The van der Waals surface area contributed by atoms with E-state index < -0.39 is 25.6 Å². The Morgan fingerprint density at radius 2 is 0.843 bits per heavy atom. The van der Waals surface area contributed by atoms with E-state index >= 15 is 0 Å². The first-order valence-corrected chi connectivity index (χ1v) is 36.8. The van der Waals surface area contributed by atoms with Crippen LogP contribution in [-0.2, 0) is 19.0 Å². The van der Waals surface area contributed by atoms with E-state index in [4.69, 9.17) is 19.0 Å². The number of hydrogen-bond acceptors (Lipinski definition) is 12. The molecule has 5 saturated heterocycles. The van der Waals surface area contributed by atoms with Crippen LogP contribution in [0, 0.1) is 0 Å². The molecule has 0 saturated carbocycles. The molecule has 526 valence electrons. The molecule has 0 radical (unpaired) electrons. The highest BCUT2D eigenvalue weighted by atomic mass is 79.9. The lowest BCUT2D eigenvalue weighted by Crippen LogP contribution is -2.41. The van der Waals surface area contributed by atoms with Gasteiger partial charge in [-0.05, 0) is 156 Å². The Morgan fingerprint density at radius 1 is 0.490 bits per heavy atom. The summed E-state index contributed by atoms with van der Waals surface area (Å²) in [4.78, 5) is 86.1. The van der Waals surface area contributed by atoms with Crippen LogP contribution in [0.5, 0.6) is 0 Å². The number of nitrogens with zero attached hydrogens (tertiary/aromatic N) is 12. The summed E-state index contributed by atoms with van der Waals surface area (Å²) in [5.41, 5.74) is 6.98. The first kappa shape index (κ1) is 73.6. The van der Waals surface area contributed by atoms with Crippen LogP contribution in [0.3, 0.4) is 0 Å². The van der Waals surface area contributed by atoms with Gasteiger partial charge in [-0.25, -0.2) is 19.2 Å². The average Bonchev–Trinajstić information content (AvgIpc) is 0.843. The van der Waals surface area contributed by atoms with Gasteiger partial charge in [-0.3, -0.25) is 29.6 Å². The van der Waals surface area contributed by atoms with Crippen molar-refractivity contribution in [2.75, 3.05) is 79.7 Å². The number of aromatic nitrogens is 4. The monoisotopic (exact) mass is 1450 g/mol. The number of carbonyl (C=O) groups excluding carboxylic acids is 4. The lowest BCUT2D eigenvalue weighted by atomic mass is 9.72. The number of hydroxylamine groups is 4. The molecule has 7 aromatic rings. The molecule has 9 aliphatic rings. The van der Waals surface area contributed by atoms with E-state index in [9.17, 15) is 19.2 Å². The van der Waals surface area contributed by atoms with Crippen molar-refractivity contribution in [1.82, 2.24) is 59.5 Å². The molecular formula is C79H88BBrN12O8P+. The predicted octanol–water partition coefficient (Wildman–Crippen LogP) is 12.3. The van der Waals surface area contributed by atoms with E-state index in [1.807, 2.05) is 135 Å². The van der Waals surface area contributed by atoms with Gasteiger partial charge in [-0.2, -0.15) is 10.1 Å². The number of benzene rings is 3. The summed E-state index contributed by atoms with van der Waals surface area (Å²) >= 11 is 3.25. The second-order valence-electron chi connectivity index (χ2n) is 26.2. The van der Waals surface area contributed by atoms with E-state index in [0.717, 1.165) is 45.3 Å². The Bertz CT molecular complexity index is 4000. The Morgan fingerprint density at radius 3 is 1.20 bits per heavy atom. The lowest BCUT2D eigenvalue weighted by Gasteiger charge is -2.32. The summed E-state index contributed by atoms with van der Waals surface area (Å²) in [6.45, 7) is 23.5. The van der Waals surface area contributed by atoms with Crippen LogP contribution < -0.4 is 15.9 Å². The summed E-state index contributed by atoms with van der Waals surface area (Å²) < 4.78 is 13.3. The number of carbonyl (C=O) groups is 4. The molecule has 8 bridgehead atoms. The summed E-state index contributed by atoms with van der Waals surface area (Å²) in [6, 6.07) is 48.5. The van der Waals surface area contributed by atoms with Crippen molar-refractivity contribution in [3.63, 3.8) is 0 Å². The minimum absolute atomic E-state index is 0.0644. The maximum Gasteiger partial charge on any atom is 0.492 e. The third-order valence-corrected chi connectivity index (χ3v) is 24.0. The third kappa shape index (κ3) is 16.1. The summed E-state index contributed by atoms with van der Waals surface area (Å²) in [7, 11) is 1.55. The fourth-order valence-corrected chi connectivity index (χ4v) is 17.5. The van der Waals surface area contributed by atoms with Gasteiger partial charge < -0.3 is 38.7 Å². The molecule has 8 amide bonds. The van der Waals surface area contributed by atoms with Crippen LogP contribution in [0.25, 0.3) is 16.7 Å². The molecule has 4 unspecified atom stereocenters. The molecule has 0 spiro atoms. The smallest absolute Gasteiger partial charge is 0.400 e. The summed E-state index contributed by atoms with van der Waals surface area (Å²) in [6.07, 6.45) is 28.1. The Labute approximate surface area is 608 Å². The fraction of sp³-hybridized carbons (Fsp3) is 0.291. The molecule has 23 heteroatoms. The highest BCUT2D eigenvalue weighted by molar-refractivity contribution is 9.10. The van der Waals surface area contributed by atoms with Crippen molar-refractivity contribution in [2.45, 2.75) is 70.0 Å². The molecule has 3 aromatic carbocycles. The van der Waals surface area contributed by atoms with Crippen molar-refractivity contribution in [3.05, 3.63) is 277 Å². The number of fused-ring (bicyclic) bond motifs is 8. The second-order valence-corrected chi connectivity index (χ2v) is 30.4. The molecule has 4 aromatic heterocycles. The lowest BCUT2D eigenvalue weighted by molar-refractivity contribution is -0.109. The minimum atomic E-state index is -1.73. The quantitative estimate of drug-likeness (QED) is 0.0571. The van der Waals surface area contributed by atoms with E-state index in [0.29, 0.717) is 52.5 Å². The van der Waals surface area contributed by atoms with Gasteiger partial charge >= 0.3 is 31.2 Å². The SMILES string of the molecule is Brc1cccnc1.C/C=C/[P+](c1ccccc1)(c1ccccc1)c1ccccc1.C=CCON1C(=O)N2CC=C(B3OC(C)(C)C(C)(C)O3)C1C2.C=CCON1C(=O)N2CC=C(c3cccnc3)C1C2.CN1C(=O)N2CC=C(c3cccnc3)C1C2.CN1C(=O)N2CC=C(c3cccnc3)C1C2. The van der Waals surface area contributed by atoms with Gasteiger partial charge in [0.1, 0.15) is 29.2 Å². The Balaban J connectivity index is 0.000000126. The van der Waals surface area contributed by atoms with Crippen molar-refractivity contribution < 1.29 is 38.2 Å². The van der Waals surface area contributed by atoms with Gasteiger partial charge in [-0.1, -0.05) is 115 Å². The molecule has 16 rings (SSSR count). The standard InChI is InChI=1S/C21H20P.C15H23BN2O4.C14H15N3O2.2C12H13N3O.C5H4BrN/c1-2-18-22(19-12-6-3-7-13-19,20-14-8-4-9-15-20)21-16-10-5-11-17-21;1-6-9-20-18-12-10-17(13(18)19)8-7-11(12)16-21-14(2,3)15(4,5)22-16;1-2-8-19-17-13-10-16(14(17)18)7-5-12(13)11-4-3-6-15-9-11;2*1-14-11-8-15(12(14)16)6-4-10(11)9-3-2-5-13-7-9;6-5-2-1-3-7-4-5/h2-18H,1H3;6-7,12H,1,8-10H2,2-5H3;2-6,9,13H,1,7-8,10H2;2*2-5,7,11H,6,8H2,1H3;1-4H/q+1;;;;;/b18-2+;;;;;. The van der Waals surface area contributed by atoms with Crippen LogP contribution in [-0.4, -0.2) is 206 Å². The van der Waals surface area contributed by atoms with E-state index in [2.05, 4.69) is 177 Å². The van der Waals surface area contributed by atoms with Crippen molar-refractivity contribution >= 4 is 87.1 Å². The summed E-state index contributed by atoms with van der Waals surface area (Å²) in [5, 5.41) is 7.06. The predicted molar refractivity (Wildman–Crippen MR) is 407 cm³/mol. The molecule has 13 heterocycles. The largest absolute Gasteiger partial charge is 0.492 e. The van der Waals surface area contributed by atoms with Gasteiger partial charge in [0.25, 0.3) is 0 Å².